The summed E-state index contributed by atoms with van der Waals surface area (Å²) in [5.74, 6) is 0.337. The van der Waals surface area contributed by atoms with Crippen LogP contribution in [0.5, 0.6) is 0 Å². The second-order valence-corrected chi connectivity index (χ2v) is 7.05. The molecule has 0 unspecified atom stereocenters. The summed E-state index contributed by atoms with van der Waals surface area (Å²) in [5, 5.41) is 13.3. The molecule has 9 heteroatoms. The maximum absolute atomic E-state index is 12.6. The number of rotatable bonds is 10. The maximum atomic E-state index is 12.6. The molecule has 5 N–H and O–H groups in total. The molecule has 1 amide bonds. The third-order valence-electron chi connectivity index (χ3n) is 4.50. The van der Waals surface area contributed by atoms with Crippen LogP contribution in [0, 0.1) is 6.92 Å². The highest BCUT2D eigenvalue weighted by atomic mass is 16.1. The van der Waals surface area contributed by atoms with E-state index in [9.17, 15) is 4.79 Å². The van der Waals surface area contributed by atoms with Crippen molar-refractivity contribution in [1.82, 2.24) is 20.4 Å². The number of amides is 1. The first-order valence-corrected chi connectivity index (χ1v) is 10.7. The number of nitrogen functional groups attached to an aromatic ring is 1. The summed E-state index contributed by atoms with van der Waals surface area (Å²) in [7, 11) is 3.73. The second-order valence-electron chi connectivity index (χ2n) is 7.05. The molecule has 1 heterocycles. The van der Waals surface area contributed by atoms with Gasteiger partial charge in [-0.15, -0.1) is 0 Å². The number of hydrogen-bond donors (Lipinski definition) is 4. The summed E-state index contributed by atoms with van der Waals surface area (Å²) in [6.45, 7) is 11.4. The van der Waals surface area contributed by atoms with Crippen molar-refractivity contribution < 1.29 is 4.79 Å². The van der Waals surface area contributed by atoms with E-state index in [0.29, 0.717) is 23.6 Å². The van der Waals surface area contributed by atoms with E-state index in [1.165, 1.54) is 0 Å². The molecule has 0 aliphatic heterocycles. The Hall–Kier alpha value is -3.72. The number of likely N-dealkylation sites (N-methyl/N-ethyl adjacent to an activating group) is 1. The molecule has 0 saturated heterocycles. The number of nitrogens with zero attached hydrogens (tertiary/aromatic N) is 4. The molecule has 0 bridgehead atoms. The van der Waals surface area contributed by atoms with Gasteiger partial charge in [0.05, 0.1) is 23.5 Å². The van der Waals surface area contributed by atoms with Crippen LogP contribution in [0.25, 0.3) is 0 Å². The number of aryl methyl sites for hydroxylation is 2. The average Bonchev–Trinajstić information content (AvgIpc) is 3.10. The Morgan fingerprint density at radius 2 is 2.06 bits per heavy atom. The molecule has 178 valence electrons. The number of para-hydroxylation sites is 2. The van der Waals surface area contributed by atoms with E-state index in [-0.39, 0.29) is 5.91 Å². The fraction of sp³-hybridized carbons (Fsp3) is 0.333. The Morgan fingerprint density at radius 1 is 1.33 bits per heavy atom. The monoisotopic (exact) mass is 452 g/mol. The molecular weight excluding hydrogens is 416 g/mol. The summed E-state index contributed by atoms with van der Waals surface area (Å²) >= 11 is 0. The van der Waals surface area contributed by atoms with Crippen molar-refractivity contribution in [3.8, 4) is 0 Å². The van der Waals surface area contributed by atoms with E-state index in [1.807, 2.05) is 59.1 Å². The first-order chi connectivity index (χ1) is 15.8. The minimum absolute atomic E-state index is 0.202. The highest BCUT2D eigenvalue weighted by molar-refractivity contribution is 6.06. The van der Waals surface area contributed by atoms with Crippen LogP contribution in [-0.4, -0.2) is 55.3 Å². The van der Waals surface area contributed by atoms with Crippen LogP contribution >= 0.6 is 0 Å². The first-order valence-electron chi connectivity index (χ1n) is 10.7. The summed E-state index contributed by atoms with van der Waals surface area (Å²) in [5.41, 5.74) is 9.26. The van der Waals surface area contributed by atoms with Crippen molar-refractivity contribution in [3.05, 3.63) is 59.4 Å². The predicted molar refractivity (Wildman–Crippen MR) is 139 cm³/mol. The Balaban J connectivity index is 0.000000502. The zero-order valence-corrected chi connectivity index (χ0v) is 20.2. The number of benzene rings is 1. The lowest BCUT2D eigenvalue weighted by Crippen LogP contribution is -2.20. The Morgan fingerprint density at radius 3 is 2.61 bits per heavy atom. The van der Waals surface area contributed by atoms with Gasteiger partial charge >= 0.3 is 0 Å². The third-order valence-corrected chi connectivity index (χ3v) is 4.50. The molecule has 0 aliphatic carbocycles. The molecule has 2 aromatic rings. The van der Waals surface area contributed by atoms with Gasteiger partial charge in [0.15, 0.2) is 5.82 Å². The van der Waals surface area contributed by atoms with Crippen LogP contribution in [0.4, 0.5) is 17.2 Å². The molecule has 0 saturated carbocycles. The first kappa shape index (κ1) is 27.3. The van der Waals surface area contributed by atoms with Gasteiger partial charge < -0.3 is 21.7 Å². The molecular formula is C24H36N8O. The molecule has 2 rings (SSSR count). The van der Waals surface area contributed by atoms with Crippen molar-refractivity contribution in [2.75, 3.05) is 37.7 Å². The highest BCUT2D eigenvalue weighted by Gasteiger charge is 2.12. The van der Waals surface area contributed by atoms with E-state index >= 15 is 0 Å². The summed E-state index contributed by atoms with van der Waals surface area (Å²) in [6, 6.07) is 9.19. The number of nitrogens with two attached hydrogens (primary N) is 1. The molecule has 0 radical (unpaired) electrons. The minimum Gasteiger partial charge on any atom is -0.397 e. The van der Waals surface area contributed by atoms with Gasteiger partial charge in [-0.05, 0) is 58.8 Å². The van der Waals surface area contributed by atoms with Gasteiger partial charge in [-0.25, -0.2) is 0 Å². The van der Waals surface area contributed by atoms with E-state index in [4.69, 9.17) is 5.73 Å². The van der Waals surface area contributed by atoms with E-state index in [0.717, 1.165) is 30.2 Å². The molecule has 0 aliphatic rings. The fourth-order valence-corrected chi connectivity index (χ4v) is 2.62. The lowest BCUT2D eigenvalue weighted by molar-refractivity contribution is -0.112. The van der Waals surface area contributed by atoms with E-state index < -0.39 is 0 Å². The topological polar surface area (TPSA) is 122 Å². The largest absolute Gasteiger partial charge is 0.397 e. The van der Waals surface area contributed by atoms with Gasteiger partial charge in [-0.2, -0.15) is 5.10 Å². The number of carbonyl (C=O) groups excluding carboxylic acids is 1. The standard InChI is InChI=1S/C17H28N6O.C7H8N2/c1-6-20-14(3)15(8-7-9-19-11-10-18-4)17(24)21-16-12-13(2)23(5)22-16;1-9-7-5-3-2-4-6(7)8/h7-9,12,18,20H,6,10-11H2,1-5H3,(H,21,22,24);2-5H,1,8H2/b8-7-,15-14+,19-9?;. The SMILES string of the molecule is C=Nc1ccccc1N.CCN/C(C)=C(\C=C/C=NCCNC)C(=O)Nc1cc(C)n(C)n1. The van der Waals surface area contributed by atoms with Gasteiger partial charge in [-0.3, -0.25) is 19.5 Å². The number of nitrogens with one attached hydrogen (secondary N) is 3. The number of aromatic nitrogens is 2. The van der Waals surface area contributed by atoms with Crippen molar-refractivity contribution in [2.45, 2.75) is 20.8 Å². The number of hydrogen-bond acceptors (Lipinski definition) is 7. The predicted octanol–water partition coefficient (Wildman–Crippen LogP) is 3.00. The van der Waals surface area contributed by atoms with Crippen molar-refractivity contribution in [3.63, 3.8) is 0 Å². The zero-order valence-electron chi connectivity index (χ0n) is 20.2. The summed E-state index contributed by atoms with van der Waals surface area (Å²) in [4.78, 5) is 20.5. The Bertz CT molecular complexity index is 969. The van der Waals surface area contributed by atoms with Crippen molar-refractivity contribution in [2.24, 2.45) is 17.0 Å². The Kier molecular flexibility index (Phi) is 12.5. The van der Waals surface area contributed by atoms with Crippen molar-refractivity contribution >= 4 is 36.0 Å². The molecule has 0 atom stereocenters. The van der Waals surface area contributed by atoms with E-state index in [2.05, 4.69) is 37.8 Å². The molecule has 1 aromatic heterocycles. The van der Waals surface area contributed by atoms with Crippen LogP contribution in [0.1, 0.15) is 19.5 Å². The number of aliphatic imine (C=N–C) groups is 2. The number of carbonyl (C=O) groups is 1. The third kappa shape index (κ3) is 9.96. The molecule has 1 aromatic carbocycles. The van der Waals surface area contributed by atoms with E-state index in [1.54, 1.807) is 29.1 Å². The van der Waals surface area contributed by atoms with Gasteiger partial charge in [0.2, 0.25) is 0 Å². The average molecular weight is 453 g/mol. The summed E-state index contributed by atoms with van der Waals surface area (Å²) in [6.07, 6.45) is 5.23. The maximum Gasteiger partial charge on any atom is 0.258 e. The van der Waals surface area contributed by atoms with Crippen LogP contribution in [0.15, 0.2) is 63.7 Å². The van der Waals surface area contributed by atoms with Crippen molar-refractivity contribution in [1.29, 1.82) is 0 Å². The second kappa shape index (κ2) is 15.1. The Labute approximate surface area is 196 Å². The highest BCUT2D eigenvalue weighted by Crippen LogP contribution is 2.18. The quantitative estimate of drug-likeness (QED) is 0.145. The van der Waals surface area contributed by atoms with Crippen LogP contribution < -0.4 is 21.7 Å². The number of allylic oxidation sites excluding steroid dienone is 2. The van der Waals surface area contributed by atoms with Gasteiger partial charge in [-0.1, -0.05) is 12.1 Å². The molecule has 9 nitrogen and oxygen atoms in total. The lowest BCUT2D eigenvalue weighted by atomic mass is 10.1. The summed E-state index contributed by atoms with van der Waals surface area (Å²) < 4.78 is 1.72. The van der Waals surface area contributed by atoms with Crippen LogP contribution in [0.2, 0.25) is 0 Å². The van der Waals surface area contributed by atoms with Crippen LogP contribution in [0.3, 0.4) is 0 Å². The smallest absolute Gasteiger partial charge is 0.258 e. The van der Waals surface area contributed by atoms with Crippen LogP contribution in [-0.2, 0) is 11.8 Å². The molecule has 0 fully saturated rings. The molecule has 0 spiro atoms. The normalized spacial score (nSPS) is 11.7. The lowest BCUT2D eigenvalue weighted by Gasteiger charge is -2.09. The van der Waals surface area contributed by atoms with Gasteiger partial charge in [0, 0.05) is 43.8 Å². The number of anilines is 2. The van der Waals surface area contributed by atoms with Gasteiger partial charge in [0.1, 0.15) is 0 Å². The van der Waals surface area contributed by atoms with Gasteiger partial charge in [0.25, 0.3) is 5.91 Å². The fourth-order valence-electron chi connectivity index (χ4n) is 2.62. The molecule has 33 heavy (non-hydrogen) atoms. The zero-order chi connectivity index (χ0) is 24.6. The minimum atomic E-state index is -0.202.